The average Bonchev–Trinajstić information content (AvgIpc) is 3.09. The smallest absolute Gasteiger partial charge is 0.195 e. The lowest BCUT2D eigenvalue weighted by molar-refractivity contribution is 0.297. The normalized spacial score (nSPS) is 13.2. The van der Waals surface area contributed by atoms with E-state index in [1.54, 1.807) is 18.4 Å². The molecule has 0 unspecified atom stereocenters. The Labute approximate surface area is 191 Å². The van der Waals surface area contributed by atoms with Gasteiger partial charge >= 0.3 is 0 Å². The second-order valence-electron chi connectivity index (χ2n) is 6.26. The number of fused-ring (bicyclic) bond motifs is 1. The van der Waals surface area contributed by atoms with Gasteiger partial charge in [0.25, 0.3) is 0 Å². The number of aromatic nitrogens is 1. The quantitative estimate of drug-likeness (QED) is 0.294. The Morgan fingerprint density at radius 2 is 1.90 bits per heavy atom. The van der Waals surface area contributed by atoms with Crippen LogP contribution in [0.1, 0.15) is 11.4 Å². The van der Waals surface area contributed by atoms with Crippen molar-refractivity contribution in [3.05, 3.63) is 58.9 Å². The largest absolute Gasteiger partial charge is 0.490 e. The fourth-order valence-corrected chi connectivity index (χ4v) is 3.59. The second kappa shape index (κ2) is 10.4. The van der Waals surface area contributed by atoms with E-state index in [-0.39, 0.29) is 24.0 Å². The van der Waals surface area contributed by atoms with Crippen LogP contribution < -0.4 is 20.1 Å². The summed E-state index contributed by atoms with van der Waals surface area (Å²) in [6.45, 7) is 1.95. The number of ether oxygens (including phenoxy) is 2. The van der Waals surface area contributed by atoms with Gasteiger partial charge in [0.1, 0.15) is 5.01 Å². The summed E-state index contributed by atoms with van der Waals surface area (Å²) >= 11 is 1.63. The van der Waals surface area contributed by atoms with Crippen molar-refractivity contribution >= 4 is 47.0 Å². The van der Waals surface area contributed by atoms with E-state index in [0.717, 1.165) is 39.9 Å². The van der Waals surface area contributed by atoms with Gasteiger partial charge in [-0.2, -0.15) is 0 Å². The molecule has 1 aliphatic heterocycles. The van der Waals surface area contributed by atoms with Crippen LogP contribution in [0.5, 0.6) is 11.5 Å². The van der Waals surface area contributed by atoms with Gasteiger partial charge in [0.15, 0.2) is 17.5 Å². The fourth-order valence-electron chi connectivity index (χ4n) is 2.85. The summed E-state index contributed by atoms with van der Waals surface area (Å²) in [5.74, 6) is 2.21. The van der Waals surface area contributed by atoms with Crippen LogP contribution in [0.15, 0.2) is 58.9 Å². The summed E-state index contributed by atoms with van der Waals surface area (Å²) in [5, 5.41) is 9.67. The molecule has 4 rings (SSSR count). The SMILES string of the molecule is CN=C(NCc1nc(-c2ccccc2)cs1)Nc1ccc2c(c1)OCCCO2.I. The first kappa shape index (κ1) is 21.4. The molecule has 2 heterocycles. The summed E-state index contributed by atoms with van der Waals surface area (Å²) in [7, 11) is 1.75. The zero-order valence-electron chi connectivity index (χ0n) is 16.1. The Morgan fingerprint density at radius 1 is 1.10 bits per heavy atom. The molecule has 1 aliphatic rings. The van der Waals surface area contributed by atoms with E-state index in [2.05, 4.69) is 33.1 Å². The maximum Gasteiger partial charge on any atom is 0.195 e. The van der Waals surface area contributed by atoms with Crippen LogP contribution >= 0.6 is 35.3 Å². The molecule has 0 atom stereocenters. The van der Waals surface area contributed by atoms with Gasteiger partial charge in [0, 0.05) is 36.2 Å². The van der Waals surface area contributed by atoms with Crippen molar-refractivity contribution < 1.29 is 9.47 Å². The molecule has 0 spiro atoms. The van der Waals surface area contributed by atoms with E-state index in [4.69, 9.17) is 14.5 Å². The lowest BCUT2D eigenvalue weighted by atomic mass is 10.2. The molecule has 0 aliphatic carbocycles. The number of nitrogens with one attached hydrogen (secondary N) is 2. The number of halogens is 1. The number of guanidine groups is 1. The van der Waals surface area contributed by atoms with Crippen molar-refractivity contribution in [3.63, 3.8) is 0 Å². The number of nitrogens with zero attached hydrogens (tertiary/aromatic N) is 2. The highest BCUT2D eigenvalue weighted by molar-refractivity contribution is 14.0. The molecule has 2 N–H and O–H groups in total. The predicted octanol–water partition coefficient (Wildman–Crippen LogP) is 4.78. The Bertz CT molecular complexity index is 962. The van der Waals surface area contributed by atoms with Crippen LogP contribution in [-0.2, 0) is 6.54 Å². The molecular formula is C21H23IN4O2S. The highest BCUT2D eigenvalue weighted by Gasteiger charge is 2.11. The van der Waals surface area contributed by atoms with Gasteiger partial charge in [-0.1, -0.05) is 30.3 Å². The van der Waals surface area contributed by atoms with Gasteiger partial charge in [0.2, 0.25) is 0 Å². The molecule has 1 aromatic heterocycles. The monoisotopic (exact) mass is 522 g/mol. The van der Waals surface area contributed by atoms with Gasteiger partial charge in [-0.05, 0) is 12.1 Å². The lowest BCUT2D eigenvalue weighted by Crippen LogP contribution is -2.30. The summed E-state index contributed by atoms with van der Waals surface area (Å²) in [5.41, 5.74) is 3.01. The molecule has 2 aromatic carbocycles. The molecule has 29 heavy (non-hydrogen) atoms. The van der Waals surface area contributed by atoms with Crippen molar-refractivity contribution in [2.24, 2.45) is 4.99 Å². The summed E-state index contributed by atoms with van der Waals surface area (Å²) in [6, 6.07) is 16.0. The Kier molecular flexibility index (Phi) is 7.70. The second-order valence-corrected chi connectivity index (χ2v) is 7.20. The average molecular weight is 522 g/mol. The highest BCUT2D eigenvalue weighted by atomic mass is 127. The molecule has 0 amide bonds. The van der Waals surface area contributed by atoms with Crippen molar-refractivity contribution in [1.29, 1.82) is 0 Å². The van der Waals surface area contributed by atoms with Gasteiger partial charge in [-0.25, -0.2) is 4.98 Å². The molecule has 0 bridgehead atoms. The molecule has 0 radical (unpaired) electrons. The van der Waals surface area contributed by atoms with Gasteiger partial charge < -0.3 is 20.1 Å². The third-order valence-electron chi connectivity index (χ3n) is 4.26. The molecule has 0 saturated carbocycles. The summed E-state index contributed by atoms with van der Waals surface area (Å²) in [6.07, 6.45) is 0.888. The van der Waals surface area contributed by atoms with E-state index in [1.807, 2.05) is 36.4 Å². The minimum atomic E-state index is 0. The van der Waals surface area contributed by atoms with Crippen LogP contribution in [0, 0.1) is 0 Å². The van der Waals surface area contributed by atoms with Crippen molar-refractivity contribution in [2.75, 3.05) is 25.6 Å². The molecule has 0 saturated heterocycles. The Morgan fingerprint density at radius 3 is 2.69 bits per heavy atom. The van der Waals surface area contributed by atoms with Gasteiger partial charge in [-0.15, -0.1) is 35.3 Å². The molecule has 6 nitrogen and oxygen atoms in total. The number of hydrogen-bond acceptors (Lipinski definition) is 5. The van der Waals surface area contributed by atoms with Crippen molar-refractivity contribution in [3.8, 4) is 22.8 Å². The predicted molar refractivity (Wildman–Crippen MR) is 129 cm³/mol. The molecule has 3 aromatic rings. The standard InChI is InChI=1S/C21H22N4O2S.HI/c1-22-21(24-16-8-9-18-19(12-16)27-11-5-10-26-18)23-13-20-25-17(14-28-20)15-6-3-2-4-7-15;/h2-4,6-9,12,14H,5,10-11,13H2,1H3,(H2,22,23,24);1H. The molecule has 152 valence electrons. The van der Waals surface area contributed by atoms with E-state index >= 15 is 0 Å². The number of thiazole rings is 1. The first-order valence-electron chi connectivity index (χ1n) is 9.19. The van der Waals surface area contributed by atoms with Crippen molar-refractivity contribution in [2.45, 2.75) is 13.0 Å². The maximum absolute atomic E-state index is 5.74. The zero-order valence-corrected chi connectivity index (χ0v) is 19.2. The zero-order chi connectivity index (χ0) is 19.2. The Balaban J connectivity index is 0.00000240. The van der Waals surface area contributed by atoms with Crippen LogP contribution in [-0.4, -0.2) is 31.2 Å². The number of hydrogen-bond donors (Lipinski definition) is 2. The first-order valence-corrected chi connectivity index (χ1v) is 10.1. The van der Waals surface area contributed by atoms with E-state index in [1.165, 1.54) is 0 Å². The van der Waals surface area contributed by atoms with E-state index in [9.17, 15) is 0 Å². The highest BCUT2D eigenvalue weighted by Crippen LogP contribution is 2.32. The van der Waals surface area contributed by atoms with Crippen LogP contribution in [0.2, 0.25) is 0 Å². The number of aliphatic imine (C=N–C) groups is 1. The third-order valence-corrected chi connectivity index (χ3v) is 5.11. The van der Waals surface area contributed by atoms with E-state index < -0.39 is 0 Å². The third kappa shape index (κ3) is 5.60. The molecular weight excluding hydrogens is 499 g/mol. The van der Waals surface area contributed by atoms with Gasteiger partial charge in [0.05, 0.1) is 25.5 Å². The van der Waals surface area contributed by atoms with Crippen LogP contribution in [0.3, 0.4) is 0 Å². The maximum atomic E-state index is 5.74. The summed E-state index contributed by atoms with van der Waals surface area (Å²) < 4.78 is 11.4. The Hall–Kier alpha value is -2.33. The first-order chi connectivity index (χ1) is 13.8. The minimum absolute atomic E-state index is 0. The topological polar surface area (TPSA) is 67.8 Å². The van der Waals surface area contributed by atoms with Crippen molar-refractivity contribution in [1.82, 2.24) is 10.3 Å². The summed E-state index contributed by atoms with van der Waals surface area (Å²) in [4.78, 5) is 8.99. The number of anilines is 1. The van der Waals surface area contributed by atoms with Crippen LogP contribution in [0.25, 0.3) is 11.3 Å². The minimum Gasteiger partial charge on any atom is -0.490 e. The van der Waals surface area contributed by atoms with Crippen LogP contribution in [0.4, 0.5) is 5.69 Å². The molecule has 8 heteroatoms. The lowest BCUT2D eigenvalue weighted by Gasteiger charge is -2.13. The van der Waals surface area contributed by atoms with E-state index in [0.29, 0.717) is 25.7 Å². The number of rotatable bonds is 4. The number of benzene rings is 2. The fraction of sp³-hybridized carbons (Fsp3) is 0.238. The molecule has 0 fully saturated rings. The van der Waals surface area contributed by atoms with Gasteiger partial charge in [-0.3, -0.25) is 4.99 Å².